The number of amides is 1. The van der Waals surface area contributed by atoms with E-state index in [1.54, 1.807) is 0 Å². The van der Waals surface area contributed by atoms with Crippen LogP contribution in [-0.2, 0) is 0 Å². The second-order valence-electron chi connectivity index (χ2n) is 6.56. The highest BCUT2D eigenvalue weighted by molar-refractivity contribution is 8.14. The van der Waals surface area contributed by atoms with Gasteiger partial charge in [-0.3, -0.25) is 9.59 Å². The number of carbonyl (C=O) groups excluding carboxylic acids is 2. The molecular weight excluding hydrogens is 354 g/mol. The van der Waals surface area contributed by atoms with Gasteiger partial charge in [-0.05, 0) is 16.7 Å². The van der Waals surface area contributed by atoms with Crippen molar-refractivity contribution in [1.29, 1.82) is 0 Å². The Morgan fingerprint density at radius 1 is 0.704 bits per heavy atom. The van der Waals surface area contributed by atoms with Gasteiger partial charge < -0.3 is 5.32 Å². The number of nitrogens with one attached hydrogen (secondary N) is 1. The highest BCUT2D eigenvalue weighted by atomic mass is 32.2. The standard InChI is InChI=1S/C23H15NO2S/c25-21-18-9-5-4-8-17(18)20-19(21)22(27-23(26)24-20)16-12-10-15(11-13-16)14-6-2-1-3-7-14/h1-13,22H,(H,24,26). The molecule has 0 saturated heterocycles. The summed E-state index contributed by atoms with van der Waals surface area (Å²) in [4.78, 5) is 25.3. The maximum absolute atomic E-state index is 13.0. The average Bonchev–Trinajstić information content (AvgIpc) is 3.01. The summed E-state index contributed by atoms with van der Waals surface area (Å²) in [5.74, 6) is 0.00485. The van der Waals surface area contributed by atoms with Gasteiger partial charge in [-0.2, -0.15) is 0 Å². The second kappa shape index (κ2) is 6.25. The van der Waals surface area contributed by atoms with Crippen LogP contribution in [0.15, 0.2) is 84.4 Å². The zero-order valence-corrected chi connectivity index (χ0v) is 15.1. The number of rotatable bonds is 2. The molecule has 5 rings (SSSR count). The molecule has 1 N–H and O–H groups in total. The molecule has 1 amide bonds. The van der Waals surface area contributed by atoms with Crippen LogP contribution in [0.4, 0.5) is 4.79 Å². The summed E-state index contributed by atoms with van der Waals surface area (Å²) in [7, 11) is 0. The molecule has 0 fully saturated rings. The van der Waals surface area contributed by atoms with Crippen molar-refractivity contribution in [2.24, 2.45) is 0 Å². The van der Waals surface area contributed by atoms with Crippen molar-refractivity contribution in [3.63, 3.8) is 0 Å². The summed E-state index contributed by atoms with van der Waals surface area (Å²) in [6, 6.07) is 25.7. The van der Waals surface area contributed by atoms with E-state index in [4.69, 9.17) is 0 Å². The topological polar surface area (TPSA) is 46.2 Å². The number of ketones is 1. The molecule has 0 bridgehead atoms. The molecule has 1 unspecified atom stereocenters. The zero-order chi connectivity index (χ0) is 18.4. The fraction of sp³-hybridized carbons (Fsp3) is 0.0435. The van der Waals surface area contributed by atoms with Gasteiger partial charge in [0.1, 0.15) is 0 Å². The summed E-state index contributed by atoms with van der Waals surface area (Å²) >= 11 is 1.16. The van der Waals surface area contributed by atoms with Crippen LogP contribution in [-0.4, -0.2) is 11.0 Å². The number of thioether (sulfide) groups is 1. The van der Waals surface area contributed by atoms with Crippen LogP contribution in [0, 0.1) is 0 Å². The van der Waals surface area contributed by atoms with Crippen molar-refractivity contribution < 1.29 is 9.59 Å². The van der Waals surface area contributed by atoms with E-state index in [0.717, 1.165) is 34.0 Å². The van der Waals surface area contributed by atoms with Gasteiger partial charge in [-0.1, -0.05) is 90.6 Å². The van der Waals surface area contributed by atoms with Crippen LogP contribution >= 0.6 is 11.8 Å². The molecule has 3 aromatic carbocycles. The van der Waals surface area contributed by atoms with E-state index in [0.29, 0.717) is 16.8 Å². The van der Waals surface area contributed by atoms with Crippen LogP contribution in [0.1, 0.15) is 26.7 Å². The predicted octanol–water partition coefficient (Wildman–Crippen LogP) is 5.46. The molecule has 0 radical (unpaired) electrons. The van der Waals surface area contributed by atoms with Gasteiger partial charge in [-0.15, -0.1) is 0 Å². The molecule has 2 aliphatic rings. The number of Topliss-reactive ketones (excluding diaryl/α,β-unsaturated/α-hetero) is 1. The summed E-state index contributed by atoms with van der Waals surface area (Å²) < 4.78 is 0. The summed E-state index contributed by atoms with van der Waals surface area (Å²) in [6.45, 7) is 0. The van der Waals surface area contributed by atoms with Gasteiger partial charge in [0, 0.05) is 16.7 Å². The van der Waals surface area contributed by atoms with E-state index in [2.05, 4.69) is 17.4 Å². The number of carbonyl (C=O) groups is 2. The smallest absolute Gasteiger partial charge is 0.284 e. The lowest BCUT2D eigenvalue weighted by Gasteiger charge is -2.24. The van der Waals surface area contributed by atoms with E-state index in [9.17, 15) is 9.59 Å². The Kier molecular flexibility index (Phi) is 3.73. The van der Waals surface area contributed by atoms with Gasteiger partial charge >= 0.3 is 0 Å². The Morgan fingerprint density at radius 3 is 2.07 bits per heavy atom. The van der Waals surface area contributed by atoms with Crippen LogP contribution in [0.5, 0.6) is 0 Å². The first-order valence-corrected chi connectivity index (χ1v) is 9.61. The minimum atomic E-state index is -0.293. The van der Waals surface area contributed by atoms with Crippen molar-refractivity contribution >= 4 is 28.5 Å². The molecule has 1 aliphatic heterocycles. The first-order chi connectivity index (χ1) is 13.2. The van der Waals surface area contributed by atoms with Crippen LogP contribution in [0.2, 0.25) is 0 Å². The van der Waals surface area contributed by atoms with Crippen molar-refractivity contribution in [2.45, 2.75) is 5.25 Å². The largest absolute Gasteiger partial charge is 0.316 e. The Morgan fingerprint density at radius 2 is 1.33 bits per heavy atom. The third kappa shape index (κ3) is 2.61. The minimum absolute atomic E-state index is 0.00485. The molecule has 3 nitrogen and oxygen atoms in total. The summed E-state index contributed by atoms with van der Waals surface area (Å²) in [5, 5.41) is 2.46. The molecule has 1 heterocycles. The maximum Gasteiger partial charge on any atom is 0.284 e. The molecule has 4 heteroatoms. The Balaban J connectivity index is 1.56. The summed E-state index contributed by atoms with van der Waals surface area (Å²) in [5.41, 5.74) is 6.03. The van der Waals surface area contributed by atoms with Crippen LogP contribution in [0.3, 0.4) is 0 Å². The third-order valence-corrected chi connectivity index (χ3v) is 6.05. The normalized spacial score (nSPS) is 18.1. The SMILES string of the molecule is O=C1NC2=C(C(=O)c3ccccc32)C(c2ccc(-c3ccccc3)cc2)S1. The van der Waals surface area contributed by atoms with Crippen molar-refractivity contribution in [2.75, 3.05) is 0 Å². The predicted molar refractivity (Wildman–Crippen MR) is 108 cm³/mol. The van der Waals surface area contributed by atoms with Crippen molar-refractivity contribution in [3.05, 3.63) is 101 Å². The Labute approximate surface area is 161 Å². The van der Waals surface area contributed by atoms with Crippen molar-refractivity contribution in [3.8, 4) is 11.1 Å². The van der Waals surface area contributed by atoms with Gasteiger partial charge in [0.2, 0.25) is 0 Å². The monoisotopic (exact) mass is 369 g/mol. The van der Waals surface area contributed by atoms with E-state index in [-0.39, 0.29) is 16.3 Å². The third-order valence-electron chi connectivity index (χ3n) is 4.99. The fourth-order valence-electron chi connectivity index (χ4n) is 3.70. The Bertz CT molecular complexity index is 1100. The highest BCUT2D eigenvalue weighted by Crippen LogP contribution is 2.48. The number of benzene rings is 3. The molecule has 0 aromatic heterocycles. The highest BCUT2D eigenvalue weighted by Gasteiger charge is 2.40. The van der Waals surface area contributed by atoms with Crippen LogP contribution in [0.25, 0.3) is 16.8 Å². The second-order valence-corrected chi connectivity index (χ2v) is 7.64. The van der Waals surface area contributed by atoms with E-state index in [1.807, 2.05) is 66.7 Å². The number of fused-ring (bicyclic) bond motifs is 2. The average molecular weight is 369 g/mol. The number of hydrogen-bond acceptors (Lipinski definition) is 3. The van der Waals surface area contributed by atoms with Crippen molar-refractivity contribution in [1.82, 2.24) is 5.32 Å². The van der Waals surface area contributed by atoms with Gasteiger partial charge in [0.25, 0.3) is 5.24 Å². The van der Waals surface area contributed by atoms with Gasteiger partial charge in [0.15, 0.2) is 5.78 Å². The molecule has 1 atom stereocenters. The molecule has 0 saturated carbocycles. The lowest BCUT2D eigenvalue weighted by atomic mass is 9.98. The molecule has 0 spiro atoms. The zero-order valence-electron chi connectivity index (χ0n) is 14.3. The fourth-order valence-corrected chi connectivity index (χ4v) is 4.71. The van der Waals surface area contributed by atoms with E-state index < -0.39 is 0 Å². The molecular formula is C23H15NO2S. The van der Waals surface area contributed by atoms with E-state index >= 15 is 0 Å². The van der Waals surface area contributed by atoms with Gasteiger partial charge in [0.05, 0.1) is 10.9 Å². The Hall–Kier alpha value is -3.11. The van der Waals surface area contributed by atoms with Gasteiger partial charge in [-0.25, -0.2) is 0 Å². The lowest BCUT2D eigenvalue weighted by Crippen LogP contribution is -2.25. The molecule has 3 aromatic rings. The molecule has 27 heavy (non-hydrogen) atoms. The maximum atomic E-state index is 13.0. The van der Waals surface area contributed by atoms with Crippen LogP contribution < -0.4 is 5.32 Å². The quantitative estimate of drug-likeness (QED) is 0.652. The van der Waals surface area contributed by atoms with E-state index in [1.165, 1.54) is 0 Å². The first kappa shape index (κ1) is 16.1. The lowest BCUT2D eigenvalue weighted by molar-refractivity contribution is 0.103. The first-order valence-electron chi connectivity index (χ1n) is 8.73. The minimum Gasteiger partial charge on any atom is -0.316 e. The summed E-state index contributed by atoms with van der Waals surface area (Å²) in [6.07, 6.45) is 0. The molecule has 1 aliphatic carbocycles. The molecule has 130 valence electrons. The number of hydrogen-bond donors (Lipinski definition) is 1.